The van der Waals surface area contributed by atoms with Gasteiger partial charge in [0.25, 0.3) is 5.91 Å². The highest BCUT2D eigenvalue weighted by Crippen LogP contribution is 2.28. The molecule has 0 unspecified atom stereocenters. The molecule has 1 fully saturated rings. The molecule has 0 bridgehead atoms. The molecule has 0 N–H and O–H groups in total. The molecular formula is C24H30N4O3S. The maximum Gasteiger partial charge on any atom is 0.254 e. The lowest BCUT2D eigenvalue weighted by atomic mass is 10.0. The van der Waals surface area contributed by atoms with Gasteiger partial charge in [-0.2, -0.15) is 9.57 Å². The van der Waals surface area contributed by atoms with Gasteiger partial charge in [-0.1, -0.05) is 13.0 Å². The molecule has 1 amide bonds. The second-order valence-electron chi connectivity index (χ2n) is 8.50. The van der Waals surface area contributed by atoms with Crippen molar-refractivity contribution >= 4 is 15.9 Å². The summed E-state index contributed by atoms with van der Waals surface area (Å²) in [5.74, 6) is 0.217. The fourth-order valence-corrected chi connectivity index (χ4v) is 5.71. The van der Waals surface area contributed by atoms with Crippen LogP contribution < -0.4 is 0 Å². The van der Waals surface area contributed by atoms with Crippen LogP contribution in [0.2, 0.25) is 0 Å². The quantitative estimate of drug-likeness (QED) is 0.636. The topological polar surface area (TPSA) is 94.4 Å². The van der Waals surface area contributed by atoms with E-state index < -0.39 is 10.0 Å². The van der Waals surface area contributed by atoms with Crippen LogP contribution in [0.4, 0.5) is 0 Å². The van der Waals surface area contributed by atoms with E-state index in [1.165, 1.54) is 10.4 Å². The fraction of sp³-hybridized carbons (Fsp3) is 0.458. The highest BCUT2D eigenvalue weighted by molar-refractivity contribution is 7.89. The van der Waals surface area contributed by atoms with Crippen LogP contribution in [0.15, 0.2) is 41.6 Å². The number of nitrogens with zero attached hydrogens (tertiary/aromatic N) is 4. The number of sulfonamides is 1. The first-order chi connectivity index (χ1) is 15.2. The van der Waals surface area contributed by atoms with Crippen LogP contribution in [0.5, 0.6) is 0 Å². The van der Waals surface area contributed by atoms with Crippen molar-refractivity contribution in [1.82, 2.24) is 14.2 Å². The molecule has 1 saturated heterocycles. The summed E-state index contributed by atoms with van der Waals surface area (Å²) in [6, 6.07) is 8.98. The van der Waals surface area contributed by atoms with Gasteiger partial charge in [0, 0.05) is 44.1 Å². The molecule has 2 aromatic rings. The van der Waals surface area contributed by atoms with Crippen molar-refractivity contribution in [2.24, 2.45) is 5.92 Å². The summed E-state index contributed by atoms with van der Waals surface area (Å²) < 4.78 is 28.4. The summed E-state index contributed by atoms with van der Waals surface area (Å²) in [5, 5.41) is 9.04. The molecule has 7 nitrogen and oxygen atoms in total. The van der Waals surface area contributed by atoms with Crippen molar-refractivity contribution < 1.29 is 13.2 Å². The van der Waals surface area contributed by atoms with Crippen molar-refractivity contribution in [3.63, 3.8) is 0 Å². The van der Waals surface area contributed by atoms with Gasteiger partial charge in [-0.3, -0.25) is 9.78 Å². The first-order valence-corrected chi connectivity index (χ1v) is 12.3. The largest absolute Gasteiger partial charge is 0.333 e. The highest BCUT2D eigenvalue weighted by Gasteiger charge is 2.31. The monoisotopic (exact) mass is 454 g/mol. The lowest BCUT2D eigenvalue weighted by Crippen LogP contribution is -2.38. The number of amides is 1. The Labute approximate surface area is 190 Å². The Morgan fingerprint density at radius 3 is 2.62 bits per heavy atom. The molecular weight excluding hydrogens is 424 g/mol. The number of pyridine rings is 1. The van der Waals surface area contributed by atoms with Crippen LogP contribution in [0.25, 0.3) is 0 Å². The molecule has 1 aliphatic rings. The number of rotatable bonds is 7. The fourth-order valence-electron chi connectivity index (χ4n) is 3.91. The molecule has 2 heterocycles. The van der Waals surface area contributed by atoms with Gasteiger partial charge in [-0.05, 0) is 67.5 Å². The van der Waals surface area contributed by atoms with Crippen molar-refractivity contribution in [3.8, 4) is 6.07 Å². The van der Waals surface area contributed by atoms with Crippen LogP contribution in [-0.4, -0.2) is 48.1 Å². The molecule has 170 valence electrons. The summed E-state index contributed by atoms with van der Waals surface area (Å²) in [5.41, 5.74) is 2.58. The number of aryl methyl sites for hydroxylation is 1. The van der Waals surface area contributed by atoms with Crippen LogP contribution >= 0.6 is 0 Å². The van der Waals surface area contributed by atoms with E-state index in [4.69, 9.17) is 5.26 Å². The zero-order chi connectivity index (χ0) is 23.3. The van der Waals surface area contributed by atoms with Gasteiger partial charge < -0.3 is 4.90 Å². The Bertz CT molecular complexity index is 1100. The van der Waals surface area contributed by atoms with E-state index in [0.29, 0.717) is 36.7 Å². The highest BCUT2D eigenvalue weighted by atomic mass is 32.2. The van der Waals surface area contributed by atoms with Gasteiger partial charge in [0.2, 0.25) is 10.0 Å². The van der Waals surface area contributed by atoms with Gasteiger partial charge in [-0.25, -0.2) is 8.42 Å². The maximum atomic E-state index is 13.4. The second-order valence-corrected chi connectivity index (χ2v) is 10.4. The number of nitriles is 1. The lowest BCUT2D eigenvalue weighted by Gasteiger charge is -2.30. The zero-order valence-corrected chi connectivity index (χ0v) is 19.7. The molecule has 32 heavy (non-hydrogen) atoms. The lowest BCUT2D eigenvalue weighted by molar-refractivity contribution is 0.0746. The molecule has 3 rings (SSSR count). The van der Waals surface area contributed by atoms with Gasteiger partial charge >= 0.3 is 0 Å². The van der Waals surface area contributed by atoms with E-state index >= 15 is 0 Å². The van der Waals surface area contributed by atoms with E-state index in [1.54, 1.807) is 36.4 Å². The normalized spacial score (nSPS) is 15.3. The Balaban J connectivity index is 1.95. The molecule has 0 saturated carbocycles. The predicted molar refractivity (Wildman–Crippen MR) is 122 cm³/mol. The van der Waals surface area contributed by atoms with E-state index in [1.807, 2.05) is 13.0 Å². The van der Waals surface area contributed by atoms with Gasteiger partial charge in [-0.15, -0.1) is 0 Å². The van der Waals surface area contributed by atoms with Crippen LogP contribution in [0.3, 0.4) is 0 Å². The molecule has 0 aliphatic carbocycles. The van der Waals surface area contributed by atoms with Crippen molar-refractivity contribution in [2.45, 2.75) is 51.5 Å². The van der Waals surface area contributed by atoms with Crippen molar-refractivity contribution in [3.05, 3.63) is 58.9 Å². The first-order valence-electron chi connectivity index (χ1n) is 10.9. The summed E-state index contributed by atoms with van der Waals surface area (Å²) >= 11 is 0. The second kappa shape index (κ2) is 10.2. The summed E-state index contributed by atoms with van der Waals surface area (Å²) in [6.07, 6.45) is 5.20. The van der Waals surface area contributed by atoms with E-state index in [-0.39, 0.29) is 23.8 Å². The van der Waals surface area contributed by atoms with E-state index in [9.17, 15) is 13.2 Å². The smallest absolute Gasteiger partial charge is 0.254 e. The number of hydrogen-bond donors (Lipinski definition) is 0. The first kappa shape index (κ1) is 23.9. The zero-order valence-electron chi connectivity index (χ0n) is 18.9. The Hall–Kier alpha value is -2.76. The third-order valence-corrected chi connectivity index (χ3v) is 8.13. The van der Waals surface area contributed by atoms with Crippen LogP contribution in [0, 0.1) is 31.1 Å². The molecule has 1 aromatic heterocycles. The third kappa shape index (κ3) is 5.34. The number of aromatic nitrogens is 1. The molecule has 1 aliphatic heterocycles. The van der Waals surface area contributed by atoms with Crippen LogP contribution in [-0.2, 0) is 16.6 Å². The number of carbonyl (C=O) groups excluding carboxylic acids is 1. The van der Waals surface area contributed by atoms with Gasteiger partial charge in [0.15, 0.2) is 0 Å². The molecule has 0 atom stereocenters. The standard InChI is InChI=1S/C24H30N4O3S/c1-18-7-12-28(13-8-18)32(30,31)23-15-22(14-19(2)20(23)3)24(29)27(11-5-9-25)17-21-6-4-10-26-16-21/h4,6,10,14-16,18H,5,7-8,11-13,17H2,1-3H3. The molecule has 0 spiro atoms. The SMILES string of the molecule is Cc1cc(C(=O)N(CCC#N)Cc2cccnc2)cc(S(=O)(=O)N2CCC(C)CC2)c1C. The Morgan fingerprint density at radius 1 is 1.28 bits per heavy atom. The Kier molecular flexibility index (Phi) is 7.64. The third-order valence-electron chi connectivity index (χ3n) is 6.10. The summed E-state index contributed by atoms with van der Waals surface area (Å²) in [4.78, 5) is 19.3. The summed E-state index contributed by atoms with van der Waals surface area (Å²) in [6.45, 7) is 7.29. The van der Waals surface area contributed by atoms with Crippen LogP contribution in [0.1, 0.15) is 53.2 Å². The Morgan fingerprint density at radius 2 is 2.00 bits per heavy atom. The maximum absolute atomic E-state index is 13.4. The van der Waals surface area contributed by atoms with Gasteiger partial charge in [0.1, 0.15) is 0 Å². The molecule has 8 heteroatoms. The number of piperidine rings is 1. The number of carbonyl (C=O) groups is 1. The number of hydrogen-bond acceptors (Lipinski definition) is 5. The van der Waals surface area contributed by atoms with E-state index in [2.05, 4.69) is 18.0 Å². The predicted octanol–water partition coefficient (Wildman–Crippen LogP) is 3.68. The van der Waals surface area contributed by atoms with E-state index in [0.717, 1.165) is 24.0 Å². The average Bonchev–Trinajstić information content (AvgIpc) is 2.78. The minimum atomic E-state index is -3.70. The van der Waals surface area contributed by atoms with Crippen molar-refractivity contribution in [2.75, 3.05) is 19.6 Å². The summed E-state index contributed by atoms with van der Waals surface area (Å²) in [7, 11) is -3.70. The van der Waals surface area contributed by atoms with Crippen molar-refractivity contribution in [1.29, 1.82) is 5.26 Å². The average molecular weight is 455 g/mol. The minimum Gasteiger partial charge on any atom is -0.333 e. The molecule has 1 aromatic carbocycles. The van der Waals surface area contributed by atoms with Gasteiger partial charge in [0.05, 0.1) is 17.4 Å². The molecule has 0 radical (unpaired) electrons. The minimum absolute atomic E-state index is 0.188. The number of benzene rings is 1.